The van der Waals surface area contributed by atoms with Crippen LogP contribution < -0.4 is 4.74 Å². The van der Waals surface area contributed by atoms with E-state index in [-0.39, 0.29) is 11.7 Å². The molecule has 0 aliphatic rings. The van der Waals surface area contributed by atoms with Gasteiger partial charge in [0.1, 0.15) is 5.75 Å². The van der Waals surface area contributed by atoms with Gasteiger partial charge in [0.2, 0.25) is 0 Å². The van der Waals surface area contributed by atoms with Crippen LogP contribution in [0, 0.1) is 0 Å². The first-order valence-electron chi connectivity index (χ1n) is 5.54. The van der Waals surface area contributed by atoms with Crippen molar-refractivity contribution in [1.82, 2.24) is 9.78 Å². The summed E-state index contributed by atoms with van der Waals surface area (Å²) in [7, 11) is 1.63. The third-order valence-corrected chi connectivity index (χ3v) is 2.65. The lowest BCUT2D eigenvalue weighted by Gasteiger charge is -2.11. The molecule has 0 aliphatic carbocycles. The van der Waals surface area contributed by atoms with E-state index >= 15 is 0 Å². The van der Waals surface area contributed by atoms with Crippen LogP contribution in [0.4, 0.5) is 0 Å². The van der Waals surface area contributed by atoms with Crippen LogP contribution in [0.25, 0.3) is 5.69 Å². The fraction of sp³-hybridized carbons (Fsp3) is 0.308. The first-order valence-corrected chi connectivity index (χ1v) is 5.54. The molecule has 0 fully saturated rings. The van der Waals surface area contributed by atoms with Gasteiger partial charge in [0.05, 0.1) is 24.7 Å². The zero-order chi connectivity index (χ0) is 12.4. The van der Waals surface area contributed by atoms with Crippen LogP contribution >= 0.6 is 0 Å². The Morgan fingerprint density at radius 2 is 1.88 bits per heavy atom. The number of hydrogen-bond donors (Lipinski definition) is 1. The molecule has 0 saturated carbocycles. The number of ether oxygens (including phenoxy) is 1. The van der Waals surface area contributed by atoms with Gasteiger partial charge in [-0.2, -0.15) is 5.10 Å². The predicted octanol–water partition coefficient (Wildman–Crippen LogP) is 2.71. The molecule has 2 aromatic rings. The molecule has 4 heteroatoms. The molecule has 0 aliphatic heterocycles. The van der Waals surface area contributed by atoms with Gasteiger partial charge in [0.15, 0.2) is 5.75 Å². The Balaban J connectivity index is 2.45. The third kappa shape index (κ3) is 2.11. The zero-order valence-electron chi connectivity index (χ0n) is 10.2. The van der Waals surface area contributed by atoms with Crippen molar-refractivity contribution in [3.63, 3.8) is 0 Å². The predicted molar refractivity (Wildman–Crippen MR) is 65.9 cm³/mol. The van der Waals surface area contributed by atoms with Crippen LogP contribution in [0.15, 0.2) is 30.5 Å². The van der Waals surface area contributed by atoms with Crippen molar-refractivity contribution in [1.29, 1.82) is 0 Å². The normalized spacial score (nSPS) is 10.8. The molecule has 1 aromatic heterocycles. The molecule has 1 aromatic carbocycles. The van der Waals surface area contributed by atoms with E-state index in [1.165, 1.54) is 6.20 Å². The van der Waals surface area contributed by atoms with Gasteiger partial charge in [0.25, 0.3) is 0 Å². The van der Waals surface area contributed by atoms with Crippen LogP contribution in [0.5, 0.6) is 11.5 Å². The minimum absolute atomic E-state index is 0.208. The van der Waals surface area contributed by atoms with Crippen LogP contribution in [-0.4, -0.2) is 22.0 Å². The Hall–Kier alpha value is -1.97. The van der Waals surface area contributed by atoms with E-state index in [4.69, 9.17) is 4.74 Å². The number of hydrogen-bond acceptors (Lipinski definition) is 3. The Morgan fingerprint density at radius 3 is 2.41 bits per heavy atom. The highest BCUT2D eigenvalue weighted by atomic mass is 16.5. The largest absolute Gasteiger partial charge is 0.504 e. The molecule has 1 N–H and O–H groups in total. The number of aromatic nitrogens is 2. The van der Waals surface area contributed by atoms with Crippen molar-refractivity contribution >= 4 is 0 Å². The summed E-state index contributed by atoms with van der Waals surface area (Å²) >= 11 is 0. The van der Waals surface area contributed by atoms with Crippen molar-refractivity contribution in [2.24, 2.45) is 0 Å². The SMILES string of the molecule is COc1ccc(-n2ncc(O)c2C(C)C)cc1. The highest BCUT2D eigenvalue weighted by molar-refractivity contribution is 5.41. The van der Waals surface area contributed by atoms with E-state index in [2.05, 4.69) is 5.10 Å². The fourth-order valence-electron chi connectivity index (χ4n) is 1.82. The quantitative estimate of drug-likeness (QED) is 0.885. The molecule has 90 valence electrons. The molecule has 0 saturated heterocycles. The Labute approximate surface area is 100 Å². The molecule has 0 atom stereocenters. The third-order valence-electron chi connectivity index (χ3n) is 2.65. The molecule has 0 spiro atoms. The first kappa shape index (κ1) is 11.5. The second kappa shape index (κ2) is 4.49. The van der Waals surface area contributed by atoms with Crippen molar-refractivity contribution in [2.75, 3.05) is 7.11 Å². The number of methoxy groups -OCH3 is 1. The number of nitrogens with zero attached hydrogens (tertiary/aromatic N) is 2. The maximum Gasteiger partial charge on any atom is 0.157 e. The Kier molecular flexibility index (Phi) is 3.04. The molecule has 0 unspecified atom stereocenters. The van der Waals surface area contributed by atoms with Gasteiger partial charge in [-0.25, -0.2) is 4.68 Å². The van der Waals surface area contributed by atoms with E-state index in [0.717, 1.165) is 17.1 Å². The lowest BCUT2D eigenvalue weighted by Crippen LogP contribution is -2.03. The molecule has 4 nitrogen and oxygen atoms in total. The minimum Gasteiger partial charge on any atom is -0.504 e. The van der Waals surface area contributed by atoms with Crippen LogP contribution in [0.1, 0.15) is 25.5 Å². The first-order chi connectivity index (χ1) is 8.13. The monoisotopic (exact) mass is 232 g/mol. The highest BCUT2D eigenvalue weighted by Crippen LogP contribution is 2.27. The zero-order valence-corrected chi connectivity index (χ0v) is 10.2. The molecule has 2 rings (SSSR count). The van der Waals surface area contributed by atoms with E-state index in [0.29, 0.717) is 0 Å². The van der Waals surface area contributed by atoms with Crippen LogP contribution in [0.2, 0.25) is 0 Å². The second-order valence-electron chi connectivity index (χ2n) is 4.18. The van der Waals surface area contributed by atoms with Gasteiger partial charge in [-0.3, -0.25) is 0 Å². The van der Waals surface area contributed by atoms with Crippen LogP contribution in [0.3, 0.4) is 0 Å². The van der Waals surface area contributed by atoms with Gasteiger partial charge in [-0.15, -0.1) is 0 Å². The molecule has 0 bridgehead atoms. The van der Waals surface area contributed by atoms with E-state index in [9.17, 15) is 5.11 Å². The highest BCUT2D eigenvalue weighted by Gasteiger charge is 2.14. The minimum atomic E-state index is 0.208. The van der Waals surface area contributed by atoms with E-state index < -0.39 is 0 Å². The van der Waals surface area contributed by atoms with Gasteiger partial charge >= 0.3 is 0 Å². The van der Waals surface area contributed by atoms with Crippen molar-refractivity contribution in [3.05, 3.63) is 36.2 Å². The summed E-state index contributed by atoms with van der Waals surface area (Å²) < 4.78 is 6.86. The average molecular weight is 232 g/mol. The van der Waals surface area contributed by atoms with Crippen molar-refractivity contribution in [3.8, 4) is 17.2 Å². The number of rotatable bonds is 3. The summed E-state index contributed by atoms with van der Waals surface area (Å²) in [5.74, 6) is 1.24. The summed E-state index contributed by atoms with van der Waals surface area (Å²) in [5, 5.41) is 13.9. The average Bonchev–Trinajstić information content (AvgIpc) is 2.71. The summed E-state index contributed by atoms with van der Waals surface area (Å²) in [6, 6.07) is 7.57. The Bertz CT molecular complexity index is 501. The van der Waals surface area contributed by atoms with Crippen molar-refractivity contribution < 1.29 is 9.84 Å². The van der Waals surface area contributed by atoms with Gasteiger partial charge in [-0.05, 0) is 30.2 Å². The lowest BCUT2D eigenvalue weighted by molar-refractivity contribution is 0.414. The topological polar surface area (TPSA) is 47.3 Å². The summed E-state index contributed by atoms with van der Waals surface area (Å²) in [6.45, 7) is 4.05. The summed E-state index contributed by atoms with van der Waals surface area (Å²) in [4.78, 5) is 0. The Morgan fingerprint density at radius 1 is 1.24 bits per heavy atom. The molecule has 0 radical (unpaired) electrons. The standard InChI is InChI=1S/C13H16N2O2/c1-9(2)13-12(16)8-14-15(13)10-4-6-11(17-3)7-5-10/h4-9,16H,1-3H3. The summed E-state index contributed by atoms with van der Waals surface area (Å²) in [5.41, 5.74) is 1.73. The van der Waals surface area contributed by atoms with E-state index in [1.54, 1.807) is 11.8 Å². The molecular formula is C13H16N2O2. The number of aromatic hydroxyl groups is 1. The van der Waals surface area contributed by atoms with Crippen molar-refractivity contribution in [2.45, 2.75) is 19.8 Å². The number of benzene rings is 1. The smallest absolute Gasteiger partial charge is 0.157 e. The fourth-order valence-corrected chi connectivity index (χ4v) is 1.82. The maximum atomic E-state index is 9.76. The molecular weight excluding hydrogens is 216 g/mol. The molecule has 17 heavy (non-hydrogen) atoms. The summed E-state index contributed by atoms with van der Waals surface area (Å²) in [6.07, 6.45) is 1.47. The van der Waals surface area contributed by atoms with Gasteiger partial charge < -0.3 is 9.84 Å². The second-order valence-corrected chi connectivity index (χ2v) is 4.18. The molecule has 1 heterocycles. The van der Waals surface area contributed by atoms with Gasteiger partial charge in [-0.1, -0.05) is 13.8 Å². The van der Waals surface area contributed by atoms with Gasteiger partial charge in [0, 0.05) is 0 Å². The van der Waals surface area contributed by atoms with Crippen LogP contribution in [-0.2, 0) is 0 Å². The maximum absolute atomic E-state index is 9.76. The van der Waals surface area contributed by atoms with E-state index in [1.807, 2.05) is 38.1 Å². The lowest BCUT2D eigenvalue weighted by atomic mass is 10.1. The molecule has 0 amide bonds.